The van der Waals surface area contributed by atoms with E-state index in [2.05, 4.69) is 17.6 Å². The van der Waals surface area contributed by atoms with Crippen molar-refractivity contribution in [3.05, 3.63) is 24.3 Å². The quantitative estimate of drug-likeness (QED) is 0.590. The Labute approximate surface area is 101 Å². The third-order valence-corrected chi connectivity index (χ3v) is 2.79. The summed E-state index contributed by atoms with van der Waals surface area (Å²) in [4.78, 5) is 12.7. The van der Waals surface area contributed by atoms with E-state index in [0.29, 0.717) is 6.54 Å². The average Bonchev–Trinajstić information content (AvgIpc) is 2.29. The van der Waals surface area contributed by atoms with Gasteiger partial charge in [-0.25, -0.2) is 0 Å². The molecule has 0 aliphatic rings. The number of hydrogen-bond donors (Lipinski definition) is 2. The van der Waals surface area contributed by atoms with Gasteiger partial charge in [-0.05, 0) is 37.4 Å². The van der Waals surface area contributed by atoms with Gasteiger partial charge in [-0.3, -0.25) is 4.79 Å². The first kappa shape index (κ1) is 13.1. The molecule has 0 radical (unpaired) electrons. The monoisotopic (exact) mass is 238 g/mol. The van der Waals surface area contributed by atoms with Crippen molar-refractivity contribution in [3.8, 4) is 0 Å². The van der Waals surface area contributed by atoms with Crippen LogP contribution in [0.1, 0.15) is 13.3 Å². The maximum atomic E-state index is 11.5. The van der Waals surface area contributed by atoms with Gasteiger partial charge in [0.05, 0.1) is 6.54 Å². The first-order valence-corrected chi connectivity index (χ1v) is 6.63. The van der Waals surface area contributed by atoms with E-state index in [0.717, 1.165) is 23.5 Å². The van der Waals surface area contributed by atoms with Crippen LogP contribution in [0.15, 0.2) is 29.2 Å². The molecule has 0 bridgehead atoms. The van der Waals surface area contributed by atoms with Gasteiger partial charge in [0.15, 0.2) is 0 Å². The highest BCUT2D eigenvalue weighted by atomic mass is 32.2. The van der Waals surface area contributed by atoms with E-state index in [9.17, 15) is 4.79 Å². The molecule has 3 nitrogen and oxygen atoms in total. The van der Waals surface area contributed by atoms with Crippen LogP contribution in [0, 0.1) is 0 Å². The van der Waals surface area contributed by atoms with E-state index >= 15 is 0 Å². The van der Waals surface area contributed by atoms with Crippen molar-refractivity contribution in [2.45, 2.75) is 18.2 Å². The Morgan fingerprint density at radius 1 is 1.44 bits per heavy atom. The zero-order valence-corrected chi connectivity index (χ0v) is 10.6. The summed E-state index contributed by atoms with van der Waals surface area (Å²) in [6.45, 7) is 3.32. The highest BCUT2D eigenvalue weighted by Crippen LogP contribution is 2.18. The Hall–Kier alpha value is -1.00. The minimum atomic E-state index is 0.00621. The Balaban J connectivity index is 2.43. The third-order valence-electron chi connectivity index (χ3n) is 2.07. The topological polar surface area (TPSA) is 41.1 Å². The van der Waals surface area contributed by atoms with Crippen LogP contribution in [-0.2, 0) is 4.79 Å². The molecule has 88 valence electrons. The average molecular weight is 238 g/mol. The molecule has 4 heteroatoms. The van der Waals surface area contributed by atoms with Crippen LogP contribution in [0.4, 0.5) is 5.69 Å². The SMILES string of the molecule is CCCNCC(=O)Nc1cccc(SC)c1. The summed E-state index contributed by atoms with van der Waals surface area (Å²) in [5.74, 6) is 0.00621. The highest BCUT2D eigenvalue weighted by Gasteiger charge is 2.01. The number of benzene rings is 1. The summed E-state index contributed by atoms with van der Waals surface area (Å²) in [7, 11) is 0. The van der Waals surface area contributed by atoms with Gasteiger partial charge >= 0.3 is 0 Å². The Bertz CT molecular complexity index is 342. The number of carbonyl (C=O) groups excluding carboxylic acids is 1. The molecule has 0 saturated heterocycles. The fourth-order valence-corrected chi connectivity index (χ4v) is 1.74. The molecule has 0 saturated carbocycles. The Morgan fingerprint density at radius 3 is 2.94 bits per heavy atom. The lowest BCUT2D eigenvalue weighted by Crippen LogP contribution is -2.28. The number of amides is 1. The van der Waals surface area contributed by atoms with E-state index in [1.54, 1.807) is 11.8 Å². The fraction of sp³-hybridized carbons (Fsp3) is 0.417. The van der Waals surface area contributed by atoms with Crippen LogP contribution >= 0.6 is 11.8 Å². The first-order valence-electron chi connectivity index (χ1n) is 5.41. The molecule has 0 spiro atoms. The second-order valence-corrected chi connectivity index (χ2v) is 4.34. The van der Waals surface area contributed by atoms with E-state index < -0.39 is 0 Å². The molecule has 0 aliphatic heterocycles. The minimum absolute atomic E-state index is 0.00621. The van der Waals surface area contributed by atoms with Crippen LogP contribution in [-0.4, -0.2) is 25.3 Å². The van der Waals surface area contributed by atoms with Crippen LogP contribution in [0.5, 0.6) is 0 Å². The normalized spacial score (nSPS) is 10.1. The maximum Gasteiger partial charge on any atom is 0.238 e. The molecule has 1 amide bonds. The molecule has 0 unspecified atom stereocenters. The summed E-state index contributed by atoms with van der Waals surface area (Å²) >= 11 is 1.66. The minimum Gasteiger partial charge on any atom is -0.325 e. The summed E-state index contributed by atoms with van der Waals surface area (Å²) in [6, 6.07) is 7.84. The fourth-order valence-electron chi connectivity index (χ4n) is 1.28. The molecule has 0 fully saturated rings. The molecule has 1 aromatic rings. The van der Waals surface area contributed by atoms with Gasteiger partial charge in [-0.2, -0.15) is 0 Å². The van der Waals surface area contributed by atoms with E-state index in [4.69, 9.17) is 0 Å². The molecule has 0 atom stereocenters. The summed E-state index contributed by atoms with van der Waals surface area (Å²) in [5.41, 5.74) is 0.857. The van der Waals surface area contributed by atoms with E-state index in [1.807, 2.05) is 30.5 Å². The summed E-state index contributed by atoms with van der Waals surface area (Å²) in [5, 5.41) is 5.93. The predicted octanol–water partition coefficient (Wildman–Crippen LogP) is 2.35. The van der Waals surface area contributed by atoms with Crippen molar-refractivity contribution in [2.75, 3.05) is 24.7 Å². The van der Waals surface area contributed by atoms with Crippen LogP contribution in [0.3, 0.4) is 0 Å². The molecule has 0 heterocycles. The standard InChI is InChI=1S/C12H18N2OS/c1-3-7-13-9-12(15)14-10-5-4-6-11(8-10)16-2/h4-6,8,13H,3,7,9H2,1-2H3,(H,14,15). The van der Waals surface area contributed by atoms with Gasteiger partial charge in [0.2, 0.25) is 5.91 Å². The zero-order valence-electron chi connectivity index (χ0n) is 9.75. The highest BCUT2D eigenvalue weighted by molar-refractivity contribution is 7.98. The van der Waals surface area contributed by atoms with Gasteiger partial charge in [-0.1, -0.05) is 13.0 Å². The van der Waals surface area contributed by atoms with Crippen molar-refractivity contribution in [1.29, 1.82) is 0 Å². The predicted molar refractivity (Wildman–Crippen MR) is 70.0 cm³/mol. The molecule has 0 aromatic heterocycles. The largest absolute Gasteiger partial charge is 0.325 e. The molecular weight excluding hydrogens is 220 g/mol. The first-order chi connectivity index (χ1) is 7.76. The van der Waals surface area contributed by atoms with Crippen molar-refractivity contribution < 1.29 is 4.79 Å². The van der Waals surface area contributed by atoms with Gasteiger partial charge in [0.1, 0.15) is 0 Å². The lowest BCUT2D eigenvalue weighted by molar-refractivity contribution is -0.115. The van der Waals surface area contributed by atoms with Gasteiger partial charge < -0.3 is 10.6 Å². The van der Waals surface area contributed by atoms with Gasteiger partial charge in [0.25, 0.3) is 0 Å². The third kappa shape index (κ3) is 4.68. The van der Waals surface area contributed by atoms with Crippen LogP contribution in [0.25, 0.3) is 0 Å². The molecule has 0 aliphatic carbocycles. The number of hydrogen-bond acceptors (Lipinski definition) is 3. The number of thioether (sulfide) groups is 1. The zero-order chi connectivity index (χ0) is 11.8. The molecule has 16 heavy (non-hydrogen) atoms. The van der Waals surface area contributed by atoms with Crippen molar-refractivity contribution in [3.63, 3.8) is 0 Å². The van der Waals surface area contributed by atoms with Crippen LogP contribution < -0.4 is 10.6 Å². The smallest absolute Gasteiger partial charge is 0.238 e. The Kier molecular flexibility index (Phi) is 5.96. The molecule has 1 rings (SSSR count). The second-order valence-electron chi connectivity index (χ2n) is 3.46. The second kappa shape index (κ2) is 7.30. The maximum absolute atomic E-state index is 11.5. The van der Waals surface area contributed by atoms with Crippen LogP contribution in [0.2, 0.25) is 0 Å². The van der Waals surface area contributed by atoms with Gasteiger partial charge in [-0.15, -0.1) is 11.8 Å². The van der Waals surface area contributed by atoms with E-state index in [-0.39, 0.29) is 5.91 Å². The van der Waals surface area contributed by atoms with Crippen molar-refractivity contribution in [1.82, 2.24) is 5.32 Å². The lowest BCUT2D eigenvalue weighted by atomic mass is 10.3. The lowest BCUT2D eigenvalue weighted by Gasteiger charge is -2.07. The van der Waals surface area contributed by atoms with E-state index in [1.165, 1.54) is 0 Å². The van der Waals surface area contributed by atoms with Crippen molar-refractivity contribution in [2.24, 2.45) is 0 Å². The van der Waals surface area contributed by atoms with Gasteiger partial charge in [0, 0.05) is 10.6 Å². The molecule has 1 aromatic carbocycles. The number of nitrogens with one attached hydrogen (secondary N) is 2. The number of carbonyl (C=O) groups is 1. The number of rotatable bonds is 6. The summed E-state index contributed by atoms with van der Waals surface area (Å²) < 4.78 is 0. The Morgan fingerprint density at radius 2 is 2.25 bits per heavy atom. The summed E-state index contributed by atoms with van der Waals surface area (Å²) in [6.07, 6.45) is 3.05. The van der Waals surface area contributed by atoms with Crippen molar-refractivity contribution >= 4 is 23.4 Å². The molecular formula is C12H18N2OS. The number of anilines is 1. The molecule has 2 N–H and O–H groups in total.